The van der Waals surface area contributed by atoms with Gasteiger partial charge < -0.3 is 9.64 Å². The minimum absolute atomic E-state index is 0. The molecule has 7 heteroatoms. The molecule has 3 heterocycles. The lowest BCUT2D eigenvalue weighted by atomic mass is 9.96. The zero-order valence-electron chi connectivity index (χ0n) is 21.0. The Hall–Kier alpha value is -3.03. The SMILES string of the molecule is C.CC(F)Oc1ccc(-c2nc3ccc(-c4ccsc4)cc3c(=O)n2CC2CCCN(C(C)C)C2)cc1. The van der Waals surface area contributed by atoms with E-state index in [1.807, 2.05) is 40.3 Å². The first kappa shape index (κ1) is 27.0. The van der Waals surface area contributed by atoms with Crippen LogP contribution in [0.15, 0.2) is 64.1 Å². The van der Waals surface area contributed by atoms with Crippen molar-refractivity contribution in [1.82, 2.24) is 14.5 Å². The molecule has 4 aromatic rings. The number of fused-ring (bicyclic) bond motifs is 1. The average molecular weight is 522 g/mol. The number of likely N-dealkylation sites (tertiary alicyclic amines) is 1. The molecule has 2 atom stereocenters. The van der Waals surface area contributed by atoms with Crippen molar-refractivity contribution in [3.63, 3.8) is 0 Å². The zero-order valence-corrected chi connectivity index (χ0v) is 21.8. The van der Waals surface area contributed by atoms with Gasteiger partial charge in [-0.3, -0.25) is 9.36 Å². The van der Waals surface area contributed by atoms with E-state index in [0.717, 1.165) is 42.6 Å². The summed E-state index contributed by atoms with van der Waals surface area (Å²) in [6.45, 7) is 8.49. The second kappa shape index (κ2) is 11.6. The maximum atomic E-state index is 14.0. The van der Waals surface area contributed by atoms with Gasteiger partial charge in [0, 0.05) is 31.6 Å². The number of aromatic nitrogens is 2. The molecule has 1 aliphatic heterocycles. The van der Waals surface area contributed by atoms with Crippen LogP contribution in [0, 0.1) is 5.92 Å². The van der Waals surface area contributed by atoms with Crippen LogP contribution >= 0.6 is 11.3 Å². The lowest BCUT2D eigenvalue weighted by molar-refractivity contribution is 0.0861. The molecule has 0 N–H and O–H groups in total. The molecule has 5 nitrogen and oxygen atoms in total. The smallest absolute Gasteiger partial charge is 0.261 e. The van der Waals surface area contributed by atoms with Crippen molar-refractivity contribution < 1.29 is 9.13 Å². The number of rotatable bonds is 7. The molecule has 0 spiro atoms. The van der Waals surface area contributed by atoms with Gasteiger partial charge in [-0.2, -0.15) is 11.3 Å². The van der Waals surface area contributed by atoms with Gasteiger partial charge in [-0.25, -0.2) is 9.37 Å². The second-order valence-corrected chi connectivity index (χ2v) is 10.7. The number of ether oxygens (including phenoxy) is 1. The summed E-state index contributed by atoms with van der Waals surface area (Å²) in [4.78, 5) is 21.5. The Labute approximate surface area is 222 Å². The quantitative estimate of drug-likeness (QED) is 0.257. The Bertz CT molecular complexity index is 1380. The van der Waals surface area contributed by atoms with Crippen LogP contribution in [0.5, 0.6) is 5.75 Å². The fourth-order valence-corrected chi connectivity index (χ4v) is 5.73. The first-order chi connectivity index (χ1) is 17.4. The van der Waals surface area contributed by atoms with E-state index in [1.54, 1.807) is 23.5 Å². The Morgan fingerprint density at radius 3 is 2.51 bits per heavy atom. The minimum Gasteiger partial charge on any atom is -0.461 e. The number of thiophene rings is 1. The third-order valence-corrected chi connectivity index (χ3v) is 7.62. The van der Waals surface area contributed by atoms with Gasteiger partial charge >= 0.3 is 0 Å². The summed E-state index contributed by atoms with van der Waals surface area (Å²) in [5.41, 5.74) is 3.59. The molecule has 0 amide bonds. The summed E-state index contributed by atoms with van der Waals surface area (Å²) < 4.78 is 20.3. The average Bonchev–Trinajstić information content (AvgIpc) is 3.41. The number of benzene rings is 2. The Balaban J connectivity index is 0.00000320. The third-order valence-electron chi connectivity index (χ3n) is 6.94. The molecule has 37 heavy (non-hydrogen) atoms. The predicted molar refractivity (Wildman–Crippen MR) is 152 cm³/mol. The van der Waals surface area contributed by atoms with Crippen LogP contribution in [0.25, 0.3) is 33.4 Å². The van der Waals surface area contributed by atoms with Crippen LogP contribution in [-0.4, -0.2) is 39.9 Å². The van der Waals surface area contributed by atoms with Gasteiger partial charge in [0.05, 0.1) is 10.9 Å². The minimum atomic E-state index is -1.39. The van der Waals surface area contributed by atoms with Crippen molar-refractivity contribution in [2.75, 3.05) is 13.1 Å². The standard InChI is InChI=1S/C29H32FN3O2S.CH4/c1-19(2)32-13-4-5-21(16-32)17-33-28(22-6-9-25(10-7-22)35-20(3)30)31-27-11-8-23(15-26(27)29(33)34)24-12-14-36-18-24;/h6-12,14-15,18-21H,4-5,13,16-17H2,1-3H3;1H4. The van der Waals surface area contributed by atoms with E-state index < -0.39 is 6.36 Å². The van der Waals surface area contributed by atoms with E-state index in [0.29, 0.717) is 41.0 Å². The highest BCUT2D eigenvalue weighted by Gasteiger charge is 2.24. The molecule has 2 aromatic carbocycles. The molecule has 196 valence electrons. The van der Waals surface area contributed by atoms with Gasteiger partial charge in [0.2, 0.25) is 6.36 Å². The number of hydrogen-bond donors (Lipinski definition) is 0. The van der Waals surface area contributed by atoms with E-state index in [2.05, 4.69) is 30.2 Å². The molecule has 5 rings (SSSR count). The molecule has 1 saturated heterocycles. The van der Waals surface area contributed by atoms with E-state index in [4.69, 9.17) is 9.72 Å². The van der Waals surface area contributed by atoms with Gasteiger partial charge in [-0.15, -0.1) is 0 Å². The highest BCUT2D eigenvalue weighted by Crippen LogP contribution is 2.28. The molecular formula is C30H36FN3O2S. The van der Waals surface area contributed by atoms with Crippen LogP contribution in [0.3, 0.4) is 0 Å². The van der Waals surface area contributed by atoms with Gasteiger partial charge in [-0.05, 0) is 104 Å². The second-order valence-electron chi connectivity index (χ2n) is 9.88. The van der Waals surface area contributed by atoms with Crippen molar-refractivity contribution >= 4 is 22.2 Å². The fourth-order valence-electron chi connectivity index (χ4n) is 5.06. The molecule has 1 fully saturated rings. The van der Waals surface area contributed by atoms with Gasteiger partial charge in [0.15, 0.2) is 0 Å². The van der Waals surface area contributed by atoms with Crippen molar-refractivity contribution in [2.24, 2.45) is 5.92 Å². The number of hydrogen-bond acceptors (Lipinski definition) is 5. The topological polar surface area (TPSA) is 47.4 Å². The molecule has 0 aliphatic carbocycles. The molecule has 0 bridgehead atoms. The molecular weight excluding hydrogens is 485 g/mol. The third kappa shape index (κ3) is 5.94. The molecule has 2 unspecified atom stereocenters. The van der Waals surface area contributed by atoms with Crippen molar-refractivity contribution in [3.8, 4) is 28.3 Å². The van der Waals surface area contributed by atoms with Crippen LogP contribution in [0.1, 0.15) is 41.0 Å². The van der Waals surface area contributed by atoms with E-state index in [1.165, 1.54) is 6.92 Å². The summed E-state index contributed by atoms with van der Waals surface area (Å²) in [5, 5.41) is 4.76. The normalized spacial score (nSPS) is 17.1. The van der Waals surface area contributed by atoms with Crippen molar-refractivity contribution in [2.45, 2.75) is 60.0 Å². The van der Waals surface area contributed by atoms with Crippen molar-refractivity contribution in [3.05, 3.63) is 69.6 Å². The van der Waals surface area contributed by atoms with Gasteiger partial charge in [0.25, 0.3) is 5.56 Å². The Morgan fingerprint density at radius 2 is 1.84 bits per heavy atom. The lowest BCUT2D eigenvalue weighted by Gasteiger charge is -2.35. The maximum absolute atomic E-state index is 14.0. The molecule has 0 saturated carbocycles. The highest BCUT2D eigenvalue weighted by atomic mass is 32.1. The Kier molecular flexibility index (Phi) is 8.45. The van der Waals surface area contributed by atoms with Gasteiger partial charge in [0.1, 0.15) is 11.6 Å². The largest absolute Gasteiger partial charge is 0.461 e. The van der Waals surface area contributed by atoms with Crippen LogP contribution in [0.4, 0.5) is 4.39 Å². The fraction of sp³-hybridized carbons (Fsp3) is 0.400. The lowest BCUT2D eigenvalue weighted by Crippen LogP contribution is -2.42. The first-order valence-corrected chi connectivity index (χ1v) is 13.6. The number of nitrogens with zero attached hydrogens (tertiary/aromatic N) is 3. The predicted octanol–water partition coefficient (Wildman–Crippen LogP) is 7.24. The maximum Gasteiger partial charge on any atom is 0.261 e. The molecule has 2 aromatic heterocycles. The number of piperidine rings is 1. The number of alkyl halides is 1. The number of halogens is 1. The van der Waals surface area contributed by atoms with E-state index in [-0.39, 0.29) is 13.0 Å². The summed E-state index contributed by atoms with van der Waals surface area (Å²) in [7, 11) is 0. The highest BCUT2D eigenvalue weighted by molar-refractivity contribution is 7.08. The van der Waals surface area contributed by atoms with Crippen LogP contribution < -0.4 is 10.3 Å². The van der Waals surface area contributed by atoms with E-state index in [9.17, 15) is 9.18 Å². The summed E-state index contributed by atoms with van der Waals surface area (Å²) >= 11 is 1.64. The monoisotopic (exact) mass is 521 g/mol. The summed E-state index contributed by atoms with van der Waals surface area (Å²) in [5.74, 6) is 1.45. The van der Waals surface area contributed by atoms with Gasteiger partial charge in [-0.1, -0.05) is 13.5 Å². The summed E-state index contributed by atoms with van der Waals surface area (Å²) in [6, 6.07) is 15.6. The first-order valence-electron chi connectivity index (χ1n) is 12.6. The summed E-state index contributed by atoms with van der Waals surface area (Å²) in [6.07, 6.45) is 0.827. The Morgan fingerprint density at radius 1 is 1.08 bits per heavy atom. The zero-order chi connectivity index (χ0) is 25.2. The molecule has 1 aliphatic rings. The van der Waals surface area contributed by atoms with Crippen LogP contribution in [-0.2, 0) is 6.54 Å². The van der Waals surface area contributed by atoms with Crippen LogP contribution in [0.2, 0.25) is 0 Å². The van der Waals surface area contributed by atoms with Crippen molar-refractivity contribution in [1.29, 1.82) is 0 Å². The molecule has 0 radical (unpaired) electrons. The van der Waals surface area contributed by atoms with E-state index >= 15 is 0 Å².